The average molecular weight is 354 g/mol. The van der Waals surface area contributed by atoms with Crippen LogP contribution in [0.1, 0.15) is 27.0 Å². The highest BCUT2D eigenvalue weighted by Crippen LogP contribution is 2.13. The fraction of sp³-hybridized carbons (Fsp3) is 0.250. The van der Waals surface area contributed by atoms with Crippen LogP contribution in [0, 0.1) is 20.8 Å². The predicted octanol–water partition coefficient (Wildman–Crippen LogP) is 2.52. The molecule has 6 heteroatoms. The molecule has 0 aliphatic rings. The van der Waals surface area contributed by atoms with Gasteiger partial charge in [-0.3, -0.25) is 14.4 Å². The van der Waals surface area contributed by atoms with Crippen molar-refractivity contribution < 1.29 is 19.1 Å². The zero-order chi connectivity index (χ0) is 19.1. The molecule has 0 unspecified atom stereocenters. The number of carbonyl (C=O) groups excluding carboxylic acids is 3. The molecule has 0 radical (unpaired) electrons. The zero-order valence-corrected chi connectivity index (χ0v) is 15.1. The molecular formula is C20H22N2O4. The van der Waals surface area contributed by atoms with Gasteiger partial charge in [0, 0.05) is 11.3 Å². The maximum atomic E-state index is 11.9. The van der Waals surface area contributed by atoms with Crippen molar-refractivity contribution in [2.45, 2.75) is 20.8 Å². The molecule has 2 N–H and O–H groups in total. The molecule has 26 heavy (non-hydrogen) atoms. The summed E-state index contributed by atoms with van der Waals surface area (Å²) in [5, 5.41) is 5.14. The van der Waals surface area contributed by atoms with E-state index in [4.69, 9.17) is 4.74 Å². The van der Waals surface area contributed by atoms with Crippen LogP contribution in [0.3, 0.4) is 0 Å². The van der Waals surface area contributed by atoms with Crippen molar-refractivity contribution in [3.05, 3.63) is 64.7 Å². The molecule has 2 rings (SSSR count). The van der Waals surface area contributed by atoms with Crippen molar-refractivity contribution in [2.75, 3.05) is 18.5 Å². The number of hydrogen-bond donors (Lipinski definition) is 2. The normalized spacial score (nSPS) is 10.1. The number of hydrogen-bond acceptors (Lipinski definition) is 4. The number of esters is 1. The minimum Gasteiger partial charge on any atom is -0.454 e. The van der Waals surface area contributed by atoms with Crippen LogP contribution in [0.4, 0.5) is 5.69 Å². The lowest BCUT2D eigenvalue weighted by Crippen LogP contribution is -2.32. The molecule has 0 fully saturated rings. The monoisotopic (exact) mass is 354 g/mol. The van der Waals surface area contributed by atoms with Gasteiger partial charge in [0.25, 0.3) is 11.8 Å². The molecule has 136 valence electrons. The third-order valence-electron chi connectivity index (χ3n) is 3.54. The van der Waals surface area contributed by atoms with Crippen molar-refractivity contribution in [1.82, 2.24) is 5.32 Å². The van der Waals surface area contributed by atoms with Gasteiger partial charge in [0.15, 0.2) is 6.61 Å². The van der Waals surface area contributed by atoms with Crippen LogP contribution < -0.4 is 10.6 Å². The summed E-state index contributed by atoms with van der Waals surface area (Å²) in [5.74, 6) is -1.49. The molecule has 0 saturated carbocycles. The fourth-order valence-corrected chi connectivity index (χ4v) is 2.48. The van der Waals surface area contributed by atoms with Crippen LogP contribution in [0.25, 0.3) is 0 Å². The summed E-state index contributed by atoms with van der Waals surface area (Å²) in [6, 6.07) is 12.7. The second kappa shape index (κ2) is 8.80. The Kier molecular flexibility index (Phi) is 6.49. The quantitative estimate of drug-likeness (QED) is 0.781. The van der Waals surface area contributed by atoms with Gasteiger partial charge in [0.1, 0.15) is 6.54 Å². The van der Waals surface area contributed by atoms with E-state index in [-0.39, 0.29) is 12.5 Å². The third kappa shape index (κ3) is 6.05. The predicted molar refractivity (Wildman–Crippen MR) is 99.0 cm³/mol. The van der Waals surface area contributed by atoms with Gasteiger partial charge in [-0.05, 0) is 56.2 Å². The van der Waals surface area contributed by atoms with E-state index in [1.807, 2.05) is 45.0 Å². The van der Waals surface area contributed by atoms with E-state index < -0.39 is 18.5 Å². The largest absolute Gasteiger partial charge is 0.454 e. The summed E-state index contributed by atoms with van der Waals surface area (Å²) in [4.78, 5) is 35.5. The Morgan fingerprint density at radius 2 is 1.62 bits per heavy atom. The highest BCUT2D eigenvalue weighted by atomic mass is 16.5. The molecule has 0 atom stereocenters. The first-order valence-corrected chi connectivity index (χ1v) is 8.22. The second-order valence-electron chi connectivity index (χ2n) is 6.14. The van der Waals surface area contributed by atoms with Crippen molar-refractivity contribution in [2.24, 2.45) is 0 Å². The number of aryl methyl sites for hydroxylation is 3. The highest BCUT2D eigenvalue weighted by molar-refractivity contribution is 5.96. The SMILES string of the molecule is Cc1cc(C)cc(NC(=O)COC(=O)CNC(=O)c2cccc(C)c2)c1. The summed E-state index contributed by atoms with van der Waals surface area (Å²) >= 11 is 0. The van der Waals surface area contributed by atoms with Gasteiger partial charge < -0.3 is 15.4 Å². The van der Waals surface area contributed by atoms with Gasteiger partial charge in [-0.25, -0.2) is 0 Å². The lowest BCUT2D eigenvalue weighted by molar-refractivity contribution is -0.146. The van der Waals surface area contributed by atoms with Gasteiger partial charge in [0.05, 0.1) is 0 Å². The number of amides is 2. The number of anilines is 1. The van der Waals surface area contributed by atoms with E-state index in [0.717, 1.165) is 16.7 Å². The number of carbonyl (C=O) groups is 3. The summed E-state index contributed by atoms with van der Waals surface area (Å²) in [6.07, 6.45) is 0. The van der Waals surface area contributed by atoms with E-state index in [0.29, 0.717) is 11.3 Å². The number of nitrogens with one attached hydrogen (secondary N) is 2. The molecule has 0 saturated heterocycles. The van der Waals surface area contributed by atoms with Crippen LogP contribution in [0.5, 0.6) is 0 Å². The summed E-state index contributed by atoms with van der Waals surface area (Å²) in [7, 11) is 0. The van der Waals surface area contributed by atoms with Crippen molar-refractivity contribution in [1.29, 1.82) is 0 Å². The Bertz CT molecular complexity index is 810. The minimum absolute atomic E-state index is 0.302. The first kappa shape index (κ1) is 19.2. The number of benzene rings is 2. The minimum atomic E-state index is -0.679. The van der Waals surface area contributed by atoms with Crippen molar-refractivity contribution in [3.63, 3.8) is 0 Å². The highest BCUT2D eigenvalue weighted by Gasteiger charge is 2.11. The Morgan fingerprint density at radius 3 is 2.27 bits per heavy atom. The lowest BCUT2D eigenvalue weighted by atomic mass is 10.1. The number of ether oxygens (including phenoxy) is 1. The Labute approximate surface area is 152 Å². The van der Waals surface area contributed by atoms with Gasteiger partial charge >= 0.3 is 5.97 Å². The lowest BCUT2D eigenvalue weighted by Gasteiger charge is -2.09. The smallest absolute Gasteiger partial charge is 0.325 e. The van der Waals surface area contributed by atoms with Crippen molar-refractivity contribution >= 4 is 23.5 Å². The maximum Gasteiger partial charge on any atom is 0.325 e. The Hall–Kier alpha value is -3.15. The molecule has 0 spiro atoms. The van der Waals surface area contributed by atoms with Gasteiger partial charge in [-0.15, -0.1) is 0 Å². The summed E-state index contributed by atoms with van der Waals surface area (Å²) in [5.41, 5.74) is 4.11. The fourth-order valence-electron chi connectivity index (χ4n) is 2.48. The average Bonchev–Trinajstić information content (AvgIpc) is 2.57. The molecule has 0 aromatic heterocycles. The molecule has 2 amide bonds. The first-order valence-electron chi connectivity index (χ1n) is 8.22. The topological polar surface area (TPSA) is 84.5 Å². The van der Waals surface area contributed by atoms with Crippen LogP contribution in [-0.4, -0.2) is 30.9 Å². The molecule has 0 heterocycles. The van der Waals surface area contributed by atoms with Crippen molar-refractivity contribution in [3.8, 4) is 0 Å². The standard InChI is InChI=1S/C20H22N2O4/c1-13-5-4-6-16(8-13)20(25)21-11-19(24)26-12-18(23)22-17-9-14(2)7-15(3)10-17/h4-10H,11-12H2,1-3H3,(H,21,25)(H,22,23). The molecule has 0 bridgehead atoms. The van der Waals surface area contributed by atoms with Crippen LogP contribution in [0.15, 0.2) is 42.5 Å². The summed E-state index contributed by atoms with van der Waals surface area (Å²) < 4.78 is 4.88. The molecule has 0 aliphatic carbocycles. The molecular weight excluding hydrogens is 332 g/mol. The molecule has 2 aromatic carbocycles. The van der Waals surface area contributed by atoms with Gasteiger partial charge in [-0.2, -0.15) is 0 Å². The van der Waals surface area contributed by atoms with Crippen LogP contribution >= 0.6 is 0 Å². The first-order chi connectivity index (χ1) is 12.3. The molecule has 0 aliphatic heterocycles. The molecule has 2 aromatic rings. The van der Waals surface area contributed by atoms with Gasteiger partial charge in [-0.1, -0.05) is 23.8 Å². The Balaban J connectivity index is 1.75. The van der Waals surface area contributed by atoms with E-state index in [9.17, 15) is 14.4 Å². The van der Waals surface area contributed by atoms with Crippen LogP contribution in [-0.2, 0) is 14.3 Å². The second-order valence-corrected chi connectivity index (χ2v) is 6.14. The van der Waals surface area contributed by atoms with Gasteiger partial charge in [0.2, 0.25) is 0 Å². The van der Waals surface area contributed by atoms with E-state index >= 15 is 0 Å². The van der Waals surface area contributed by atoms with Crippen LogP contribution in [0.2, 0.25) is 0 Å². The maximum absolute atomic E-state index is 11.9. The third-order valence-corrected chi connectivity index (χ3v) is 3.54. The number of rotatable bonds is 6. The van der Waals surface area contributed by atoms with E-state index in [2.05, 4.69) is 10.6 Å². The summed E-state index contributed by atoms with van der Waals surface area (Å²) in [6.45, 7) is 5.02. The van der Waals surface area contributed by atoms with E-state index in [1.54, 1.807) is 18.2 Å². The zero-order valence-electron chi connectivity index (χ0n) is 15.1. The Morgan fingerprint density at radius 1 is 0.923 bits per heavy atom. The van der Waals surface area contributed by atoms with E-state index in [1.165, 1.54) is 0 Å². The molecule has 6 nitrogen and oxygen atoms in total.